The van der Waals surface area contributed by atoms with Crippen molar-refractivity contribution in [1.82, 2.24) is 15.1 Å². The number of anilines is 1. The number of ether oxygens (including phenoxy) is 3. The summed E-state index contributed by atoms with van der Waals surface area (Å²) in [7, 11) is 4.48. The van der Waals surface area contributed by atoms with Crippen LogP contribution in [0.1, 0.15) is 24.8 Å². The van der Waals surface area contributed by atoms with Crippen LogP contribution < -0.4 is 24.8 Å². The summed E-state index contributed by atoms with van der Waals surface area (Å²) >= 11 is 6.02. The lowest BCUT2D eigenvalue weighted by Gasteiger charge is -2.38. The first-order valence-electron chi connectivity index (χ1n) is 13.6. The molecule has 2 aliphatic heterocycles. The van der Waals surface area contributed by atoms with Crippen LogP contribution in [-0.2, 0) is 16.0 Å². The zero-order valence-electron chi connectivity index (χ0n) is 23.5. The van der Waals surface area contributed by atoms with Crippen LogP contribution in [0.25, 0.3) is 0 Å². The number of urea groups is 1. The maximum absolute atomic E-state index is 13.1. The van der Waals surface area contributed by atoms with Gasteiger partial charge in [0.2, 0.25) is 11.7 Å². The molecule has 2 saturated heterocycles. The van der Waals surface area contributed by atoms with E-state index in [0.717, 1.165) is 37.4 Å². The molecule has 3 N–H and O–H groups in total. The van der Waals surface area contributed by atoms with Crippen molar-refractivity contribution in [3.63, 3.8) is 0 Å². The second-order valence-corrected chi connectivity index (χ2v) is 10.8. The van der Waals surface area contributed by atoms with E-state index in [9.17, 15) is 14.4 Å². The van der Waals surface area contributed by atoms with Gasteiger partial charge in [-0.3, -0.25) is 14.5 Å². The Kier molecular flexibility index (Phi) is 10.2. The number of rotatable bonds is 10. The van der Waals surface area contributed by atoms with Gasteiger partial charge in [-0.15, -0.1) is 0 Å². The molecule has 0 saturated carbocycles. The number of carboxylic acid groups (broad SMARTS) is 1. The summed E-state index contributed by atoms with van der Waals surface area (Å²) in [6, 6.07) is 10.2. The first-order valence-corrected chi connectivity index (χ1v) is 13.9. The molecule has 2 heterocycles. The fourth-order valence-corrected chi connectivity index (χ4v) is 5.80. The van der Waals surface area contributed by atoms with Crippen LogP contribution in [0.5, 0.6) is 17.2 Å². The third-order valence-electron chi connectivity index (χ3n) is 7.74. The second kappa shape index (κ2) is 13.8. The highest BCUT2D eigenvalue weighted by atomic mass is 35.5. The first-order chi connectivity index (χ1) is 19.7. The number of likely N-dealkylation sites (tertiary alicyclic amines) is 2. The fraction of sp³-hybridized carbons (Fsp3) is 0.483. The molecule has 3 amide bonds. The van der Waals surface area contributed by atoms with Crippen LogP contribution in [-0.4, -0.2) is 92.4 Å². The Morgan fingerprint density at radius 3 is 2.17 bits per heavy atom. The van der Waals surface area contributed by atoms with Gasteiger partial charge in [0, 0.05) is 36.3 Å². The van der Waals surface area contributed by atoms with Gasteiger partial charge >= 0.3 is 12.0 Å². The van der Waals surface area contributed by atoms with Gasteiger partial charge in [-0.2, -0.15) is 0 Å². The highest BCUT2D eigenvalue weighted by molar-refractivity contribution is 6.30. The first kappa shape index (κ1) is 30.3. The molecular formula is C29H37ClN4O7. The predicted molar refractivity (Wildman–Crippen MR) is 154 cm³/mol. The molecule has 2 atom stereocenters. The summed E-state index contributed by atoms with van der Waals surface area (Å²) in [5, 5.41) is 15.7. The molecular weight excluding hydrogens is 552 g/mol. The van der Waals surface area contributed by atoms with Gasteiger partial charge in [-0.1, -0.05) is 23.7 Å². The number of carbonyl (C=O) groups excluding carboxylic acids is 2. The van der Waals surface area contributed by atoms with Gasteiger partial charge in [0.1, 0.15) is 6.42 Å². The van der Waals surface area contributed by atoms with E-state index in [4.69, 9.17) is 30.9 Å². The van der Waals surface area contributed by atoms with E-state index in [2.05, 4.69) is 27.7 Å². The topological polar surface area (TPSA) is 130 Å². The minimum Gasteiger partial charge on any atom is -0.493 e. The van der Waals surface area contributed by atoms with Gasteiger partial charge in [0.05, 0.1) is 33.1 Å². The van der Waals surface area contributed by atoms with Crippen LogP contribution in [0.3, 0.4) is 0 Å². The summed E-state index contributed by atoms with van der Waals surface area (Å²) in [5.41, 5.74) is 1.69. The summed E-state index contributed by atoms with van der Waals surface area (Å²) < 4.78 is 16.1. The third-order valence-corrected chi connectivity index (χ3v) is 7.99. The number of nitrogens with one attached hydrogen (secondary N) is 2. The Bertz CT molecular complexity index is 1210. The van der Waals surface area contributed by atoms with Crippen molar-refractivity contribution >= 4 is 35.2 Å². The Morgan fingerprint density at radius 2 is 1.61 bits per heavy atom. The Morgan fingerprint density at radius 1 is 0.976 bits per heavy atom. The van der Waals surface area contributed by atoms with Crippen molar-refractivity contribution in [1.29, 1.82) is 0 Å². The minimum absolute atomic E-state index is 0.144. The van der Waals surface area contributed by atoms with Crippen LogP contribution >= 0.6 is 11.6 Å². The molecule has 11 nitrogen and oxygen atoms in total. The van der Waals surface area contributed by atoms with Gasteiger partial charge < -0.3 is 34.9 Å². The number of piperidine rings is 1. The van der Waals surface area contributed by atoms with Gasteiger partial charge in [0.25, 0.3) is 0 Å². The highest BCUT2D eigenvalue weighted by Gasteiger charge is 2.41. The van der Waals surface area contributed by atoms with E-state index in [1.807, 2.05) is 12.1 Å². The van der Waals surface area contributed by atoms with Crippen LogP contribution in [0, 0.1) is 5.92 Å². The van der Waals surface area contributed by atoms with E-state index in [-0.39, 0.29) is 18.6 Å². The molecule has 12 heteroatoms. The van der Waals surface area contributed by atoms with E-state index in [0.29, 0.717) is 35.4 Å². The zero-order valence-corrected chi connectivity index (χ0v) is 24.3. The standard InChI is InChI=1S/C29H37ClN4O7/c1-39-24-13-21(14-25(40-2)28(24)41-3)31-29(38)32-22-16-34(26(35)15-27(36)37)17-23(22)33-10-8-19(9-11-33)12-18-4-6-20(30)7-5-18/h4-7,13-14,19,22-23H,8-12,15-17H2,1-3H3,(H,36,37)(H2,31,32,38)/t22-,23-/m1/s1. The number of amides is 3. The molecule has 0 aromatic heterocycles. The molecule has 2 aromatic carbocycles. The SMILES string of the molecule is COc1cc(NC(=O)N[C@@H]2CN(C(=O)CC(=O)O)C[C@H]2N2CCC(Cc3ccc(Cl)cc3)CC2)cc(OC)c1OC. The molecule has 222 valence electrons. The smallest absolute Gasteiger partial charge is 0.319 e. The molecule has 2 aliphatic rings. The number of halogens is 1. The molecule has 2 aromatic rings. The maximum Gasteiger partial charge on any atom is 0.319 e. The number of carboxylic acids is 1. The molecule has 41 heavy (non-hydrogen) atoms. The van der Waals surface area contributed by atoms with Crippen molar-refractivity contribution in [2.24, 2.45) is 5.92 Å². The lowest BCUT2D eigenvalue weighted by molar-refractivity contribution is -0.143. The zero-order chi connectivity index (χ0) is 29.5. The second-order valence-electron chi connectivity index (χ2n) is 10.4. The van der Waals surface area contributed by atoms with Crippen molar-refractivity contribution in [3.05, 3.63) is 47.0 Å². The predicted octanol–water partition coefficient (Wildman–Crippen LogP) is 3.50. The number of hydrogen-bond donors (Lipinski definition) is 3. The average Bonchev–Trinajstić information content (AvgIpc) is 3.37. The van der Waals surface area contributed by atoms with E-state index in [1.54, 1.807) is 12.1 Å². The van der Waals surface area contributed by atoms with Gasteiger partial charge in [-0.05, 0) is 56.0 Å². The molecule has 4 rings (SSSR count). The van der Waals surface area contributed by atoms with Crippen LogP contribution in [0.2, 0.25) is 5.02 Å². The Labute approximate surface area is 244 Å². The lowest BCUT2D eigenvalue weighted by Crippen LogP contribution is -2.54. The monoisotopic (exact) mass is 588 g/mol. The molecule has 0 radical (unpaired) electrons. The number of carbonyl (C=O) groups is 3. The van der Waals surface area contributed by atoms with Crippen molar-refractivity contribution < 1.29 is 33.7 Å². The van der Waals surface area contributed by atoms with Gasteiger partial charge in [0.15, 0.2) is 11.5 Å². The van der Waals surface area contributed by atoms with Crippen molar-refractivity contribution in [3.8, 4) is 17.2 Å². The largest absolute Gasteiger partial charge is 0.493 e. The average molecular weight is 589 g/mol. The summed E-state index contributed by atoms with van der Waals surface area (Å²) in [6.45, 7) is 2.21. The minimum atomic E-state index is -1.17. The molecule has 0 bridgehead atoms. The number of hydrogen-bond acceptors (Lipinski definition) is 7. The van der Waals surface area contributed by atoms with E-state index < -0.39 is 24.3 Å². The fourth-order valence-electron chi connectivity index (χ4n) is 5.67. The number of methoxy groups -OCH3 is 3. The summed E-state index contributed by atoms with van der Waals surface area (Å²) in [5.74, 6) is 0.0818. The summed E-state index contributed by atoms with van der Waals surface area (Å²) in [6.07, 6.45) is 2.34. The molecule has 0 unspecified atom stereocenters. The van der Waals surface area contributed by atoms with Crippen molar-refractivity contribution in [2.75, 3.05) is 52.8 Å². The van der Waals surface area contributed by atoms with E-state index >= 15 is 0 Å². The van der Waals surface area contributed by atoms with Crippen LogP contribution in [0.4, 0.5) is 10.5 Å². The third kappa shape index (κ3) is 7.74. The maximum atomic E-state index is 13.1. The molecule has 0 aliphatic carbocycles. The molecule has 0 spiro atoms. The van der Waals surface area contributed by atoms with Gasteiger partial charge in [-0.25, -0.2) is 4.79 Å². The number of nitrogens with zero attached hydrogens (tertiary/aromatic N) is 2. The number of benzene rings is 2. The highest BCUT2D eigenvalue weighted by Crippen LogP contribution is 2.40. The number of aliphatic carboxylic acids is 1. The quantitative estimate of drug-likeness (QED) is 0.360. The molecule has 2 fully saturated rings. The van der Waals surface area contributed by atoms with Crippen LogP contribution in [0.15, 0.2) is 36.4 Å². The van der Waals surface area contributed by atoms with E-state index in [1.165, 1.54) is 31.8 Å². The van der Waals surface area contributed by atoms with Crippen molar-refractivity contribution in [2.45, 2.75) is 37.8 Å². The Balaban J connectivity index is 1.43. The normalized spacial score (nSPS) is 19.5. The Hall–Kier alpha value is -3.70. The summed E-state index contributed by atoms with van der Waals surface area (Å²) in [4.78, 5) is 40.8. The lowest BCUT2D eigenvalue weighted by atomic mass is 9.89.